The minimum absolute atomic E-state index is 0.176. The lowest BCUT2D eigenvalue weighted by atomic mass is 10.1. The van der Waals surface area contributed by atoms with Gasteiger partial charge in [-0.15, -0.1) is 5.10 Å². The molecule has 140 valence electrons. The van der Waals surface area contributed by atoms with E-state index >= 15 is 0 Å². The zero-order valence-electron chi connectivity index (χ0n) is 14.8. The lowest BCUT2D eigenvalue weighted by Gasteiger charge is -2.26. The van der Waals surface area contributed by atoms with Crippen molar-refractivity contribution < 1.29 is 4.74 Å². The van der Waals surface area contributed by atoms with Crippen LogP contribution in [0.3, 0.4) is 0 Å². The largest absolute Gasteiger partial charge is 0.378 e. The van der Waals surface area contributed by atoms with Crippen LogP contribution >= 0.6 is 11.6 Å². The van der Waals surface area contributed by atoms with E-state index in [-0.39, 0.29) is 5.56 Å². The Morgan fingerprint density at radius 1 is 1.26 bits per heavy atom. The second-order valence-corrected chi connectivity index (χ2v) is 7.66. The molecule has 7 nitrogen and oxygen atoms in total. The third kappa shape index (κ3) is 3.33. The lowest BCUT2D eigenvalue weighted by molar-refractivity contribution is 0.122. The Morgan fingerprint density at radius 2 is 2.07 bits per heavy atom. The zero-order chi connectivity index (χ0) is 18.4. The van der Waals surface area contributed by atoms with E-state index < -0.39 is 0 Å². The van der Waals surface area contributed by atoms with Gasteiger partial charge >= 0.3 is 0 Å². The molecule has 1 aliphatic carbocycles. The number of rotatable bonds is 4. The fourth-order valence-corrected chi connectivity index (χ4v) is 3.72. The number of benzene rings is 1. The Bertz CT molecular complexity index is 1050. The normalized spacial score (nSPS) is 17.6. The van der Waals surface area contributed by atoms with E-state index in [0.29, 0.717) is 43.3 Å². The van der Waals surface area contributed by atoms with Crippen LogP contribution in [0, 0.1) is 5.92 Å². The summed E-state index contributed by atoms with van der Waals surface area (Å²) >= 11 is 6.21. The fraction of sp³-hybridized carbons (Fsp3) is 0.421. The Morgan fingerprint density at radius 3 is 2.85 bits per heavy atom. The summed E-state index contributed by atoms with van der Waals surface area (Å²) < 4.78 is 7.12. The van der Waals surface area contributed by atoms with E-state index in [1.165, 1.54) is 12.8 Å². The van der Waals surface area contributed by atoms with Crippen LogP contribution < -0.4 is 10.5 Å². The number of hydrogen-bond acceptors (Lipinski definition) is 5. The maximum atomic E-state index is 12.6. The number of morpholine rings is 1. The van der Waals surface area contributed by atoms with Crippen molar-refractivity contribution in [3.63, 3.8) is 0 Å². The molecule has 3 heterocycles. The maximum Gasteiger partial charge on any atom is 0.263 e. The van der Waals surface area contributed by atoms with Crippen LogP contribution in [0.15, 0.2) is 29.2 Å². The van der Waals surface area contributed by atoms with Crippen LogP contribution in [0.2, 0.25) is 5.02 Å². The summed E-state index contributed by atoms with van der Waals surface area (Å²) in [5.74, 6) is 1.28. The molecular weight excluding hydrogens is 366 g/mol. The van der Waals surface area contributed by atoms with E-state index in [0.717, 1.165) is 28.6 Å². The van der Waals surface area contributed by atoms with E-state index in [1.54, 1.807) is 10.9 Å². The van der Waals surface area contributed by atoms with Gasteiger partial charge in [0.25, 0.3) is 5.56 Å². The third-order valence-electron chi connectivity index (χ3n) is 5.18. The van der Waals surface area contributed by atoms with Crippen LogP contribution in [0.5, 0.6) is 0 Å². The topological polar surface area (TPSA) is 76.0 Å². The van der Waals surface area contributed by atoms with E-state index in [1.807, 2.05) is 23.1 Å². The second kappa shape index (κ2) is 6.65. The van der Waals surface area contributed by atoms with Crippen molar-refractivity contribution in [3.05, 3.63) is 45.3 Å². The van der Waals surface area contributed by atoms with Gasteiger partial charge in [0.05, 0.1) is 18.9 Å². The van der Waals surface area contributed by atoms with Gasteiger partial charge in [-0.3, -0.25) is 9.78 Å². The average molecular weight is 386 g/mol. The van der Waals surface area contributed by atoms with Crippen LogP contribution in [-0.4, -0.2) is 46.1 Å². The molecule has 27 heavy (non-hydrogen) atoms. The van der Waals surface area contributed by atoms with Gasteiger partial charge in [0.2, 0.25) is 5.95 Å². The minimum Gasteiger partial charge on any atom is -0.378 e. The van der Waals surface area contributed by atoms with Gasteiger partial charge in [-0.1, -0.05) is 11.6 Å². The van der Waals surface area contributed by atoms with Crippen LogP contribution in [-0.2, 0) is 11.2 Å². The zero-order valence-corrected chi connectivity index (χ0v) is 15.6. The maximum absolute atomic E-state index is 12.6. The summed E-state index contributed by atoms with van der Waals surface area (Å²) in [5, 5.41) is 5.81. The number of aromatic amines is 1. The molecule has 2 aromatic heterocycles. The van der Waals surface area contributed by atoms with Gasteiger partial charge < -0.3 is 9.64 Å². The summed E-state index contributed by atoms with van der Waals surface area (Å²) in [7, 11) is 0. The number of anilines is 1. The highest BCUT2D eigenvalue weighted by Gasteiger charge is 2.24. The fourth-order valence-electron chi connectivity index (χ4n) is 3.53. The molecule has 1 aliphatic heterocycles. The first-order chi connectivity index (χ1) is 13.2. The second-order valence-electron chi connectivity index (χ2n) is 7.22. The molecule has 0 radical (unpaired) electrons. The van der Waals surface area contributed by atoms with Crippen LogP contribution in [0.1, 0.15) is 18.4 Å². The molecule has 2 aliphatic rings. The number of fused-ring (bicyclic) bond motifs is 1. The highest BCUT2D eigenvalue weighted by molar-refractivity contribution is 6.30. The molecule has 0 unspecified atom stereocenters. The number of ether oxygens (including phenoxy) is 1. The van der Waals surface area contributed by atoms with Gasteiger partial charge in [-0.2, -0.15) is 4.98 Å². The smallest absolute Gasteiger partial charge is 0.263 e. The highest BCUT2D eigenvalue weighted by Crippen LogP contribution is 2.35. The van der Waals surface area contributed by atoms with Crippen molar-refractivity contribution in [2.45, 2.75) is 19.3 Å². The molecule has 0 spiro atoms. The molecule has 0 amide bonds. The average Bonchev–Trinajstić information content (AvgIpc) is 3.38. The molecule has 1 saturated carbocycles. The number of nitrogens with one attached hydrogen (secondary N) is 1. The summed E-state index contributed by atoms with van der Waals surface area (Å²) in [4.78, 5) is 22.1. The van der Waals surface area contributed by atoms with Gasteiger partial charge in [-0.25, -0.2) is 4.68 Å². The van der Waals surface area contributed by atoms with E-state index in [9.17, 15) is 4.79 Å². The molecule has 5 rings (SSSR count). The predicted octanol–water partition coefficient (Wildman–Crippen LogP) is 2.55. The Hall–Kier alpha value is -2.38. The van der Waals surface area contributed by atoms with E-state index in [2.05, 4.69) is 15.1 Å². The van der Waals surface area contributed by atoms with Crippen molar-refractivity contribution in [1.82, 2.24) is 19.7 Å². The summed E-state index contributed by atoms with van der Waals surface area (Å²) in [5.41, 5.74) is 2.39. The molecule has 8 heteroatoms. The van der Waals surface area contributed by atoms with Crippen LogP contribution in [0.25, 0.3) is 16.7 Å². The highest BCUT2D eigenvalue weighted by atomic mass is 35.5. The standard InChI is InChI=1S/C19H20ClN5O2/c20-14-3-4-16(13(10-14)9-12-1-2-12)25-11-15-17(23-25)21-19(22-18(15)26)24-5-7-27-8-6-24/h3-4,10-12H,1-2,5-9H2,(H,21,22,23,26). The molecule has 1 N–H and O–H groups in total. The predicted molar refractivity (Wildman–Crippen MR) is 104 cm³/mol. The summed E-state index contributed by atoms with van der Waals surface area (Å²) in [6, 6.07) is 5.82. The third-order valence-corrected chi connectivity index (χ3v) is 5.42. The Balaban J connectivity index is 1.57. The van der Waals surface area contributed by atoms with Crippen molar-refractivity contribution in [2.75, 3.05) is 31.2 Å². The first-order valence-electron chi connectivity index (χ1n) is 9.28. The molecule has 1 aromatic carbocycles. The van der Waals surface area contributed by atoms with Crippen molar-refractivity contribution >= 4 is 28.6 Å². The monoisotopic (exact) mass is 385 g/mol. The number of halogens is 1. The first kappa shape index (κ1) is 16.8. The van der Waals surface area contributed by atoms with Gasteiger partial charge in [0.1, 0.15) is 5.39 Å². The number of aromatic nitrogens is 4. The Kier molecular flexibility index (Phi) is 4.13. The molecule has 0 bridgehead atoms. The summed E-state index contributed by atoms with van der Waals surface area (Å²) in [6.07, 6.45) is 5.26. The van der Waals surface area contributed by atoms with Gasteiger partial charge in [-0.05, 0) is 48.9 Å². The van der Waals surface area contributed by atoms with Crippen molar-refractivity contribution in [1.29, 1.82) is 0 Å². The lowest BCUT2D eigenvalue weighted by Crippen LogP contribution is -2.38. The molecule has 3 aromatic rings. The van der Waals surface area contributed by atoms with Crippen molar-refractivity contribution in [3.8, 4) is 5.69 Å². The molecule has 2 fully saturated rings. The quantitative estimate of drug-likeness (QED) is 0.747. The molecule has 0 atom stereocenters. The number of hydrogen-bond donors (Lipinski definition) is 1. The SMILES string of the molecule is O=c1[nH]c(N2CCOCC2)nc2nn(-c3ccc(Cl)cc3CC3CC3)cc12. The Labute approximate surface area is 160 Å². The van der Waals surface area contributed by atoms with E-state index in [4.69, 9.17) is 16.3 Å². The number of H-pyrrole nitrogens is 1. The molecular formula is C19H20ClN5O2. The number of nitrogens with zero attached hydrogens (tertiary/aromatic N) is 4. The first-order valence-corrected chi connectivity index (χ1v) is 9.66. The minimum atomic E-state index is -0.176. The molecule has 1 saturated heterocycles. The summed E-state index contributed by atoms with van der Waals surface area (Å²) in [6.45, 7) is 2.67. The van der Waals surface area contributed by atoms with Crippen LogP contribution in [0.4, 0.5) is 5.95 Å². The van der Waals surface area contributed by atoms with Gasteiger partial charge in [0, 0.05) is 24.3 Å². The van der Waals surface area contributed by atoms with Crippen molar-refractivity contribution in [2.24, 2.45) is 5.92 Å². The van der Waals surface area contributed by atoms with Gasteiger partial charge in [0.15, 0.2) is 5.65 Å².